The zero-order valence-electron chi connectivity index (χ0n) is 21.4. The summed E-state index contributed by atoms with van der Waals surface area (Å²) in [6.07, 6.45) is -1.36. The summed E-state index contributed by atoms with van der Waals surface area (Å²) in [4.78, 5) is 13.4. The molecular formula is C29H30O8. The fourth-order valence-electron chi connectivity index (χ4n) is 6.25. The van der Waals surface area contributed by atoms with E-state index in [1.165, 1.54) is 21.3 Å². The van der Waals surface area contributed by atoms with Gasteiger partial charge in [0.15, 0.2) is 11.2 Å². The molecule has 8 heteroatoms. The Morgan fingerprint density at radius 1 is 0.865 bits per heavy atom. The number of aliphatic hydroxyl groups is 1. The van der Waals surface area contributed by atoms with Crippen LogP contribution in [0.4, 0.5) is 0 Å². The highest BCUT2D eigenvalue weighted by Crippen LogP contribution is 2.71. The molecule has 3 aromatic carbocycles. The van der Waals surface area contributed by atoms with Crippen LogP contribution in [0, 0.1) is 5.92 Å². The molecule has 1 aliphatic carbocycles. The Labute approximate surface area is 215 Å². The Morgan fingerprint density at radius 3 is 2.11 bits per heavy atom. The molecule has 194 valence electrons. The van der Waals surface area contributed by atoms with Crippen molar-refractivity contribution in [3.63, 3.8) is 0 Å². The summed E-state index contributed by atoms with van der Waals surface area (Å²) in [6.45, 7) is 0. The summed E-state index contributed by atoms with van der Waals surface area (Å²) >= 11 is 0. The van der Waals surface area contributed by atoms with Crippen molar-refractivity contribution in [2.24, 2.45) is 5.92 Å². The van der Waals surface area contributed by atoms with Crippen LogP contribution in [0.2, 0.25) is 0 Å². The van der Waals surface area contributed by atoms with E-state index in [0.717, 1.165) is 5.56 Å². The van der Waals surface area contributed by atoms with Gasteiger partial charge in [0.05, 0.1) is 39.9 Å². The second-order valence-corrected chi connectivity index (χ2v) is 9.09. The van der Waals surface area contributed by atoms with Crippen molar-refractivity contribution in [2.75, 3.05) is 35.5 Å². The van der Waals surface area contributed by atoms with Crippen LogP contribution in [-0.2, 0) is 25.5 Å². The number of methoxy groups -OCH3 is 5. The Balaban J connectivity index is 1.91. The zero-order chi connectivity index (χ0) is 26.4. The fourth-order valence-corrected chi connectivity index (χ4v) is 6.25. The monoisotopic (exact) mass is 506 g/mol. The Morgan fingerprint density at radius 2 is 1.54 bits per heavy atom. The van der Waals surface area contributed by atoms with Crippen molar-refractivity contribution in [1.29, 1.82) is 0 Å². The van der Waals surface area contributed by atoms with E-state index in [2.05, 4.69) is 0 Å². The van der Waals surface area contributed by atoms with E-state index in [0.29, 0.717) is 34.1 Å². The lowest BCUT2D eigenvalue weighted by atomic mass is 9.70. The highest BCUT2D eigenvalue weighted by Gasteiger charge is 2.79. The van der Waals surface area contributed by atoms with Crippen LogP contribution in [0.3, 0.4) is 0 Å². The minimum atomic E-state index is -1.55. The van der Waals surface area contributed by atoms with Gasteiger partial charge >= 0.3 is 5.97 Å². The molecule has 8 nitrogen and oxygen atoms in total. The van der Waals surface area contributed by atoms with Gasteiger partial charge in [-0.15, -0.1) is 0 Å². The molecule has 0 radical (unpaired) electrons. The maximum absolute atomic E-state index is 13.4. The fraction of sp³-hybridized carbons (Fsp3) is 0.345. The number of ether oxygens (including phenoxy) is 6. The van der Waals surface area contributed by atoms with Gasteiger partial charge in [0.25, 0.3) is 0 Å². The summed E-state index contributed by atoms with van der Waals surface area (Å²) in [5.74, 6) is -0.293. The molecule has 1 saturated carbocycles. The molecule has 0 aromatic heterocycles. The largest absolute Gasteiger partial charge is 0.497 e. The van der Waals surface area contributed by atoms with Crippen LogP contribution in [0.25, 0.3) is 0 Å². The first-order chi connectivity index (χ1) is 17.9. The molecule has 37 heavy (non-hydrogen) atoms. The highest BCUT2D eigenvalue weighted by atomic mass is 16.6. The van der Waals surface area contributed by atoms with Gasteiger partial charge in [0, 0.05) is 25.2 Å². The zero-order valence-corrected chi connectivity index (χ0v) is 21.4. The molecule has 1 aliphatic heterocycles. The van der Waals surface area contributed by atoms with Crippen molar-refractivity contribution in [2.45, 2.75) is 23.2 Å². The van der Waals surface area contributed by atoms with Gasteiger partial charge in [-0.05, 0) is 23.3 Å². The maximum atomic E-state index is 13.4. The number of aliphatic hydroxyl groups excluding tert-OH is 1. The van der Waals surface area contributed by atoms with E-state index < -0.39 is 35.1 Å². The van der Waals surface area contributed by atoms with Crippen LogP contribution >= 0.6 is 0 Å². The smallest absolute Gasteiger partial charge is 0.312 e. The molecule has 0 amide bonds. The normalized spacial score (nSPS) is 27.6. The van der Waals surface area contributed by atoms with Crippen LogP contribution < -0.4 is 18.9 Å². The maximum Gasteiger partial charge on any atom is 0.312 e. The number of carbonyl (C=O) groups is 1. The lowest BCUT2D eigenvalue weighted by Crippen LogP contribution is -2.53. The number of hydrogen-bond acceptors (Lipinski definition) is 8. The van der Waals surface area contributed by atoms with E-state index in [1.807, 2.05) is 54.6 Å². The van der Waals surface area contributed by atoms with E-state index in [-0.39, 0.29) is 0 Å². The number of rotatable bonds is 7. The SMILES string of the molecule is COC(=O)[C@H]1[C@@H](c2ccccc2)[C@]2(c3ccc(OC)cc3)Oc3cc(OC)cc(OC)c3[C@]2(OC)[C@H]1O. The van der Waals surface area contributed by atoms with Gasteiger partial charge in [-0.25, -0.2) is 0 Å². The minimum absolute atomic E-state index is 0.406. The van der Waals surface area contributed by atoms with Gasteiger partial charge < -0.3 is 33.5 Å². The molecule has 0 saturated heterocycles. The second-order valence-electron chi connectivity index (χ2n) is 9.09. The van der Waals surface area contributed by atoms with Gasteiger partial charge in [0.2, 0.25) is 0 Å². The molecule has 5 rings (SSSR count). The topological polar surface area (TPSA) is 92.7 Å². The van der Waals surface area contributed by atoms with E-state index in [9.17, 15) is 9.90 Å². The highest BCUT2D eigenvalue weighted by molar-refractivity contribution is 5.78. The number of fused-ring (bicyclic) bond motifs is 3. The van der Waals surface area contributed by atoms with Crippen molar-refractivity contribution in [1.82, 2.24) is 0 Å². The average molecular weight is 507 g/mol. The van der Waals surface area contributed by atoms with Crippen molar-refractivity contribution >= 4 is 5.97 Å². The Hall–Kier alpha value is -3.75. The number of benzene rings is 3. The third kappa shape index (κ3) is 3.25. The molecule has 2 aliphatic rings. The summed E-state index contributed by atoms with van der Waals surface area (Å²) in [6, 6.07) is 20.3. The molecule has 1 N–H and O–H groups in total. The number of hydrogen-bond donors (Lipinski definition) is 1. The third-order valence-electron chi connectivity index (χ3n) is 7.72. The predicted octanol–water partition coefficient (Wildman–Crippen LogP) is 3.79. The summed E-state index contributed by atoms with van der Waals surface area (Å²) in [5.41, 5.74) is -0.977. The van der Waals surface area contributed by atoms with E-state index in [1.54, 1.807) is 26.4 Å². The standard InChI is InChI=1S/C29H30O8/c1-32-19-13-11-18(12-14-19)28-24(17-9-7-6-8-10-17)23(27(31)35-4)26(30)29(28,36-5)25-21(34-3)15-20(33-2)16-22(25)37-28/h6-16,23-24,26,30H,1-5H3/t23-,24+,26-,28-,29-/m0/s1. The van der Waals surface area contributed by atoms with Gasteiger partial charge in [-0.1, -0.05) is 42.5 Å². The van der Waals surface area contributed by atoms with Crippen molar-refractivity contribution in [3.05, 3.63) is 83.4 Å². The summed E-state index contributed by atoms with van der Waals surface area (Å²) in [7, 11) is 7.48. The first-order valence-electron chi connectivity index (χ1n) is 11.9. The first kappa shape index (κ1) is 24.9. The van der Waals surface area contributed by atoms with Crippen LogP contribution in [0.5, 0.6) is 23.0 Å². The lowest BCUT2D eigenvalue weighted by Gasteiger charge is -2.43. The van der Waals surface area contributed by atoms with E-state index >= 15 is 0 Å². The minimum Gasteiger partial charge on any atom is -0.497 e. The number of esters is 1. The molecule has 1 fully saturated rings. The molecule has 3 aromatic rings. The molecule has 1 heterocycles. The van der Waals surface area contributed by atoms with Gasteiger partial charge in [-0.2, -0.15) is 0 Å². The van der Waals surface area contributed by atoms with Crippen LogP contribution in [0.15, 0.2) is 66.7 Å². The van der Waals surface area contributed by atoms with Crippen molar-refractivity contribution in [3.8, 4) is 23.0 Å². The van der Waals surface area contributed by atoms with Crippen LogP contribution in [-0.4, -0.2) is 52.7 Å². The predicted molar refractivity (Wildman–Crippen MR) is 134 cm³/mol. The summed E-state index contributed by atoms with van der Waals surface area (Å²) < 4.78 is 35.2. The third-order valence-corrected chi connectivity index (χ3v) is 7.72. The van der Waals surface area contributed by atoms with Gasteiger partial charge in [-0.3, -0.25) is 4.79 Å². The van der Waals surface area contributed by atoms with Gasteiger partial charge in [0.1, 0.15) is 29.1 Å². The molecule has 0 bridgehead atoms. The molecular weight excluding hydrogens is 476 g/mol. The Kier molecular flexibility index (Phi) is 6.25. The molecule has 5 atom stereocenters. The summed E-state index contributed by atoms with van der Waals surface area (Å²) in [5, 5.41) is 12.1. The average Bonchev–Trinajstić information content (AvgIpc) is 3.37. The molecule has 0 unspecified atom stereocenters. The molecule has 0 spiro atoms. The second kappa shape index (κ2) is 9.28. The Bertz CT molecular complexity index is 1290. The van der Waals surface area contributed by atoms with Crippen molar-refractivity contribution < 1.29 is 38.3 Å². The lowest BCUT2D eigenvalue weighted by molar-refractivity contribution is -0.176. The quantitative estimate of drug-likeness (QED) is 0.484. The number of carbonyl (C=O) groups excluding carboxylic acids is 1. The van der Waals surface area contributed by atoms with Crippen LogP contribution in [0.1, 0.15) is 22.6 Å². The van der Waals surface area contributed by atoms with E-state index in [4.69, 9.17) is 28.4 Å². The first-order valence-corrected chi connectivity index (χ1v) is 11.9.